The summed E-state index contributed by atoms with van der Waals surface area (Å²) in [5.41, 5.74) is 0. The van der Waals surface area contributed by atoms with Gasteiger partial charge < -0.3 is 4.74 Å². The minimum Gasteiger partial charge on any atom is -0.469 e. The number of hydrogen-bond acceptors (Lipinski definition) is 4. The zero-order valence-corrected chi connectivity index (χ0v) is 9.24. The maximum Gasteiger partial charge on any atom is 0.305 e. The van der Waals surface area contributed by atoms with Crippen LogP contribution in [-0.2, 0) is 9.53 Å². The van der Waals surface area contributed by atoms with Crippen LogP contribution in [0.3, 0.4) is 0 Å². The number of carbonyl (C=O) groups excluding carboxylic acids is 1. The van der Waals surface area contributed by atoms with E-state index in [1.807, 2.05) is 0 Å². The Morgan fingerprint density at radius 2 is 2.27 bits per heavy atom. The summed E-state index contributed by atoms with van der Waals surface area (Å²) < 4.78 is 4.58. The summed E-state index contributed by atoms with van der Waals surface area (Å²) in [4.78, 5) is 13.2. The first kappa shape index (κ1) is 12.0. The standard InChI is InChI=1S/C11H18N2O2/c1-15-11(14)4-2-8-13(9-3-7-12)10-5-6-10/h10H,2-6,8-9H2,1H3. The van der Waals surface area contributed by atoms with Crippen LogP contribution in [-0.4, -0.2) is 37.1 Å². The van der Waals surface area contributed by atoms with Crippen molar-refractivity contribution in [3.05, 3.63) is 0 Å². The fraction of sp³-hybridized carbons (Fsp3) is 0.818. The van der Waals surface area contributed by atoms with Crippen LogP contribution in [0.1, 0.15) is 32.1 Å². The van der Waals surface area contributed by atoms with Crippen molar-refractivity contribution in [2.24, 2.45) is 0 Å². The van der Waals surface area contributed by atoms with Crippen molar-refractivity contribution < 1.29 is 9.53 Å². The quantitative estimate of drug-likeness (QED) is 0.595. The minimum absolute atomic E-state index is 0.147. The van der Waals surface area contributed by atoms with Gasteiger partial charge in [-0.2, -0.15) is 5.26 Å². The molecule has 0 amide bonds. The van der Waals surface area contributed by atoms with Gasteiger partial charge in [0.1, 0.15) is 0 Å². The van der Waals surface area contributed by atoms with Crippen molar-refractivity contribution in [3.63, 3.8) is 0 Å². The molecular formula is C11H18N2O2. The zero-order valence-electron chi connectivity index (χ0n) is 9.24. The highest BCUT2D eigenvalue weighted by Crippen LogP contribution is 2.27. The van der Waals surface area contributed by atoms with Gasteiger partial charge in [0.05, 0.1) is 13.2 Å². The average Bonchev–Trinajstić information content (AvgIpc) is 3.06. The lowest BCUT2D eigenvalue weighted by Crippen LogP contribution is -2.28. The van der Waals surface area contributed by atoms with E-state index in [-0.39, 0.29) is 5.97 Å². The molecule has 0 aliphatic heterocycles. The van der Waals surface area contributed by atoms with Crippen molar-refractivity contribution >= 4 is 5.97 Å². The van der Waals surface area contributed by atoms with Crippen LogP contribution in [0.5, 0.6) is 0 Å². The summed E-state index contributed by atoms with van der Waals surface area (Å²) in [5.74, 6) is -0.147. The first-order valence-electron chi connectivity index (χ1n) is 5.45. The third-order valence-corrected chi connectivity index (χ3v) is 2.63. The second-order valence-electron chi connectivity index (χ2n) is 3.85. The highest BCUT2D eigenvalue weighted by molar-refractivity contribution is 5.69. The molecule has 84 valence electrons. The van der Waals surface area contributed by atoms with Crippen LogP contribution in [0.2, 0.25) is 0 Å². The fourth-order valence-electron chi connectivity index (χ4n) is 1.64. The predicted octanol–water partition coefficient (Wildman–Crippen LogP) is 1.32. The zero-order chi connectivity index (χ0) is 11.1. The fourth-order valence-corrected chi connectivity index (χ4v) is 1.64. The number of methoxy groups -OCH3 is 1. The van der Waals surface area contributed by atoms with Crippen LogP contribution in [0.25, 0.3) is 0 Å². The highest BCUT2D eigenvalue weighted by Gasteiger charge is 2.28. The van der Waals surface area contributed by atoms with Crippen molar-refractivity contribution in [2.75, 3.05) is 20.2 Å². The number of ether oxygens (including phenoxy) is 1. The summed E-state index contributed by atoms with van der Waals surface area (Å²) in [6.07, 6.45) is 4.36. The molecule has 0 N–H and O–H groups in total. The molecule has 0 radical (unpaired) electrons. The molecule has 1 aliphatic carbocycles. The van der Waals surface area contributed by atoms with Crippen LogP contribution >= 0.6 is 0 Å². The molecule has 0 spiro atoms. The molecule has 15 heavy (non-hydrogen) atoms. The Hall–Kier alpha value is -1.08. The molecule has 0 aromatic rings. The van der Waals surface area contributed by atoms with E-state index in [0.29, 0.717) is 18.9 Å². The van der Waals surface area contributed by atoms with Gasteiger partial charge in [0.2, 0.25) is 0 Å². The summed E-state index contributed by atoms with van der Waals surface area (Å²) in [6.45, 7) is 1.74. The van der Waals surface area contributed by atoms with Gasteiger partial charge in [-0.3, -0.25) is 9.69 Å². The van der Waals surface area contributed by atoms with E-state index < -0.39 is 0 Å². The molecule has 1 fully saturated rings. The molecule has 0 bridgehead atoms. The molecule has 0 aromatic heterocycles. The topological polar surface area (TPSA) is 53.3 Å². The maximum absolute atomic E-state index is 10.9. The van der Waals surface area contributed by atoms with Crippen LogP contribution in [0.4, 0.5) is 0 Å². The van der Waals surface area contributed by atoms with Crippen LogP contribution in [0.15, 0.2) is 0 Å². The van der Waals surface area contributed by atoms with Crippen molar-refractivity contribution in [1.82, 2.24) is 4.90 Å². The molecular weight excluding hydrogens is 192 g/mol. The van der Waals surface area contributed by atoms with E-state index in [9.17, 15) is 4.79 Å². The highest BCUT2D eigenvalue weighted by atomic mass is 16.5. The number of carbonyl (C=O) groups is 1. The molecule has 4 heteroatoms. The van der Waals surface area contributed by atoms with Gasteiger partial charge in [0, 0.05) is 25.4 Å². The Morgan fingerprint density at radius 3 is 2.80 bits per heavy atom. The molecule has 1 saturated carbocycles. The smallest absolute Gasteiger partial charge is 0.305 e. The van der Waals surface area contributed by atoms with Gasteiger partial charge in [-0.1, -0.05) is 0 Å². The van der Waals surface area contributed by atoms with Crippen molar-refractivity contribution in [2.45, 2.75) is 38.1 Å². The van der Waals surface area contributed by atoms with Crippen LogP contribution in [0, 0.1) is 11.3 Å². The average molecular weight is 210 g/mol. The van der Waals surface area contributed by atoms with E-state index in [4.69, 9.17) is 5.26 Å². The SMILES string of the molecule is COC(=O)CCCN(CCC#N)C1CC1. The third kappa shape index (κ3) is 4.80. The predicted molar refractivity (Wildman–Crippen MR) is 56.1 cm³/mol. The van der Waals surface area contributed by atoms with Gasteiger partial charge in [-0.05, 0) is 25.8 Å². The number of esters is 1. The Labute approximate surface area is 90.8 Å². The van der Waals surface area contributed by atoms with Crippen molar-refractivity contribution in [3.8, 4) is 6.07 Å². The van der Waals surface area contributed by atoms with Gasteiger partial charge >= 0.3 is 5.97 Å². The molecule has 0 unspecified atom stereocenters. The second-order valence-corrected chi connectivity index (χ2v) is 3.85. The van der Waals surface area contributed by atoms with Gasteiger partial charge in [0.15, 0.2) is 0 Å². The summed E-state index contributed by atoms with van der Waals surface area (Å²) in [6, 6.07) is 2.82. The van der Waals surface area contributed by atoms with Gasteiger partial charge in [0.25, 0.3) is 0 Å². The number of rotatable bonds is 7. The normalized spacial score (nSPS) is 15.0. The van der Waals surface area contributed by atoms with E-state index >= 15 is 0 Å². The lowest BCUT2D eigenvalue weighted by atomic mass is 10.2. The second kappa shape index (κ2) is 6.41. The monoisotopic (exact) mass is 210 g/mol. The molecule has 0 atom stereocenters. The Balaban J connectivity index is 2.14. The molecule has 0 aromatic carbocycles. The first-order chi connectivity index (χ1) is 7.27. The molecule has 4 nitrogen and oxygen atoms in total. The molecule has 0 heterocycles. The van der Waals surface area contributed by atoms with Crippen LogP contribution < -0.4 is 0 Å². The number of hydrogen-bond donors (Lipinski definition) is 0. The number of nitrogens with zero attached hydrogens (tertiary/aromatic N) is 2. The molecule has 1 aliphatic rings. The number of nitriles is 1. The first-order valence-corrected chi connectivity index (χ1v) is 5.45. The van der Waals surface area contributed by atoms with Crippen molar-refractivity contribution in [1.29, 1.82) is 5.26 Å². The van der Waals surface area contributed by atoms with E-state index in [1.165, 1.54) is 20.0 Å². The summed E-state index contributed by atoms with van der Waals surface area (Å²) in [5, 5.41) is 8.52. The summed E-state index contributed by atoms with van der Waals surface area (Å²) in [7, 11) is 1.41. The lowest BCUT2D eigenvalue weighted by Gasteiger charge is -2.19. The molecule has 0 saturated heterocycles. The van der Waals surface area contributed by atoms with E-state index in [1.54, 1.807) is 0 Å². The Bertz CT molecular complexity index is 243. The lowest BCUT2D eigenvalue weighted by molar-refractivity contribution is -0.140. The molecule has 1 rings (SSSR count). The Morgan fingerprint density at radius 1 is 1.53 bits per heavy atom. The summed E-state index contributed by atoms with van der Waals surface area (Å²) >= 11 is 0. The Kier molecular flexibility index (Phi) is 5.13. The minimum atomic E-state index is -0.147. The maximum atomic E-state index is 10.9. The van der Waals surface area contributed by atoms with Gasteiger partial charge in [-0.25, -0.2) is 0 Å². The third-order valence-electron chi connectivity index (χ3n) is 2.63. The largest absolute Gasteiger partial charge is 0.469 e. The van der Waals surface area contributed by atoms with E-state index in [0.717, 1.165) is 19.5 Å². The van der Waals surface area contributed by atoms with Gasteiger partial charge in [-0.15, -0.1) is 0 Å². The van der Waals surface area contributed by atoms with E-state index in [2.05, 4.69) is 15.7 Å².